The normalized spacial score (nSPS) is 15.5. The molecule has 0 spiro atoms. The summed E-state index contributed by atoms with van der Waals surface area (Å²) < 4.78 is 11.7. The Kier molecular flexibility index (Phi) is 9.62. The smallest absolute Gasteiger partial charge is 0.331 e. The summed E-state index contributed by atoms with van der Waals surface area (Å²) in [5.74, 6) is -0.433. The molecule has 2 aromatic carbocycles. The van der Waals surface area contributed by atoms with Gasteiger partial charge in [0.1, 0.15) is 5.60 Å². The van der Waals surface area contributed by atoms with Crippen molar-refractivity contribution in [2.45, 2.75) is 83.9 Å². The standard InChI is InChI=1S/C27H39N3O3S/c1-18(32-26(2,3)4)22(24(31)33-27(5,6)7)29-25(34)30-23(20-16-12-9-13-17-20)21(28)19-14-10-8-11-15-19/h8-18,21-23H,28H2,1-7H3,(H2,29,30,34)/t18-,21+,22+,23+/m1/s1. The first kappa shape index (κ1) is 27.8. The van der Waals surface area contributed by atoms with Gasteiger partial charge < -0.3 is 25.8 Å². The molecule has 0 aliphatic carbocycles. The number of hydrogen-bond acceptors (Lipinski definition) is 5. The zero-order chi connectivity index (χ0) is 25.5. The predicted molar refractivity (Wildman–Crippen MR) is 141 cm³/mol. The number of nitrogens with one attached hydrogen (secondary N) is 2. The van der Waals surface area contributed by atoms with E-state index in [-0.39, 0.29) is 12.1 Å². The van der Waals surface area contributed by atoms with Crippen molar-refractivity contribution in [1.29, 1.82) is 0 Å². The van der Waals surface area contributed by atoms with Gasteiger partial charge in [-0.25, -0.2) is 4.79 Å². The van der Waals surface area contributed by atoms with Crippen LogP contribution < -0.4 is 16.4 Å². The summed E-state index contributed by atoms with van der Waals surface area (Å²) in [5, 5.41) is 6.76. The number of carbonyl (C=O) groups is 1. The molecule has 0 saturated carbocycles. The van der Waals surface area contributed by atoms with E-state index < -0.39 is 29.3 Å². The summed E-state index contributed by atoms with van der Waals surface area (Å²) in [4.78, 5) is 13.1. The molecule has 186 valence electrons. The van der Waals surface area contributed by atoms with Gasteiger partial charge in [-0.05, 0) is 71.8 Å². The lowest BCUT2D eigenvalue weighted by Gasteiger charge is -2.34. The summed E-state index contributed by atoms with van der Waals surface area (Å²) in [6.45, 7) is 13.2. The molecule has 0 unspecified atom stereocenters. The third-order valence-corrected chi connectivity index (χ3v) is 5.18. The van der Waals surface area contributed by atoms with E-state index in [9.17, 15) is 4.79 Å². The fraction of sp³-hybridized carbons (Fsp3) is 0.481. The molecule has 0 aromatic heterocycles. The molecule has 4 N–H and O–H groups in total. The average Bonchev–Trinajstić information content (AvgIpc) is 2.74. The topological polar surface area (TPSA) is 85.6 Å². The summed E-state index contributed by atoms with van der Waals surface area (Å²) in [6, 6.07) is 18.2. The van der Waals surface area contributed by atoms with Gasteiger partial charge in [0.2, 0.25) is 0 Å². The fourth-order valence-electron chi connectivity index (χ4n) is 3.59. The highest BCUT2D eigenvalue weighted by atomic mass is 32.1. The Hall–Kier alpha value is -2.48. The monoisotopic (exact) mass is 485 g/mol. The fourth-order valence-corrected chi connectivity index (χ4v) is 3.85. The van der Waals surface area contributed by atoms with Crippen LogP contribution in [0.5, 0.6) is 0 Å². The van der Waals surface area contributed by atoms with Crippen LogP contribution in [0.4, 0.5) is 0 Å². The lowest BCUT2D eigenvalue weighted by Crippen LogP contribution is -2.55. The van der Waals surface area contributed by atoms with E-state index in [0.717, 1.165) is 11.1 Å². The van der Waals surface area contributed by atoms with Gasteiger partial charge in [0.05, 0.1) is 23.8 Å². The minimum Gasteiger partial charge on any atom is -0.458 e. The third kappa shape index (κ3) is 9.05. The van der Waals surface area contributed by atoms with Gasteiger partial charge in [0.25, 0.3) is 0 Å². The number of benzene rings is 2. The highest BCUT2D eigenvalue weighted by Gasteiger charge is 2.34. The lowest BCUT2D eigenvalue weighted by atomic mass is 9.94. The molecule has 6 nitrogen and oxygen atoms in total. The van der Waals surface area contributed by atoms with Gasteiger partial charge in [0.15, 0.2) is 11.2 Å². The maximum atomic E-state index is 13.1. The second-order valence-corrected chi connectivity index (χ2v) is 10.8. The molecule has 0 amide bonds. The maximum Gasteiger partial charge on any atom is 0.331 e. The van der Waals surface area contributed by atoms with Crippen molar-refractivity contribution < 1.29 is 14.3 Å². The number of carbonyl (C=O) groups excluding carboxylic acids is 1. The average molecular weight is 486 g/mol. The first-order valence-corrected chi connectivity index (χ1v) is 12.0. The zero-order valence-corrected chi connectivity index (χ0v) is 22.1. The molecular formula is C27H39N3O3S. The van der Waals surface area contributed by atoms with E-state index >= 15 is 0 Å². The van der Waals surface area contributed by atoms with Crippen molar-refractivity contribution in [1.82, 2.24) is 10.6 Å². The predicted octanol–water partition coefficient (Wildman–Crippen LogP) is 4.81. The second-order valence-electron chi connectivity index (χ2n) is 10.4. The summed E-state index contributed by atoms with van der Waals surface area (Å²) >= 11 is 5.66. The minimum absolute atomic E-state index is 0.292. The molecule has 0 aliphatic rings. The van der Waals surface area contributed by atoms with Crippen LogP contribution in [0.2, 0.25) is 0 Å². The summed E-state index contributed by atoms with van der Waals surface area (Å²) in [7, 11) is 0. The van der Waals surface area contributed by atoms with Crippen molar-refractivity contribution >= 4 is 23.3 Å². The number of rotatable bonds is 8. The molecule has 0 aliphatic heterocycles. The van der Waals surface area contributed by atoms with Crippen LogP contribution in [0.1, 0.15) is 71.7 Å². The van der Waals surface area contributed by atoms with Crippen molar-refractivity contribution in [3.8, 4) is 0 Å². The highest BCUT2D eigenvalue weighted by molar-refractivity contribution is 7.80. The van der Waals surface area contributed by atoms with Crippen LogP contribution in [-0.4, -0.2) is 34.4 Å². The molecule has 34 heavy (non-hydrogen) atoms. The van der Waals surface area contributed by atoms with Gasteiger partial charge in [-0.3, -0.25) is 0 Å². The molecule has 2 rings (SSSR count). The van der Waals surface area contributed by atoms with Crippen LogP contribution >= 0.6 is 12.2 Å². The van der Waals surface area contributed by atoms with Gasteiger partial charge >= 0.3 is 5.97 Å². The van der Waals surface area contributed by atoms with Crippen molar-refractivity contribution in [3.05, 3.63) is 71.8 Å². The van der Waals surface area contributed by atoms with E-state index in [1.807, 2.05) is 109 Å². The van der Waals surface area contributed by atoms with E-state index in [0.29, 0.717) is 5.11 Å². The van der Waals surface area contributed by atoms with Crippen LogP contribution in [-0.2, 0) is 14.3 Å². The maximum absolute atomic E-state index is 13.1. The Labute approximate surface area is 209 Å². The Bertz CT molecular complexity index is 924. The molecular weight excluding hydrogens is 446 g/mol. The van der Waals surface area contributed by atoms with E-state index in [2.05, 4.69) is 10.6 Å². The Morgan fingerprint density at radius 1 is 0.853 bits per heavy atom. The molecule has 0 heterocycles. The number of thiocarbonyl (C=S) groups is 1. The minimum atomic E-state index is -0.803. The second kappa shape index (κ2) is 11.8. The number of hydrogen-bond donors (Lipinski definition) is 3. The molecule has 0 bridgehead atoms. The number of nitrogens with two attached hydrogens (primary N) is 1. The largest absolute Gasteiger partial charge is 0.458 e. The van der Waals surface area contributed by atoms with Gasteiger partial charge in [-0.15, -0.1) is 0 Å². The highest BCUT2D eigenvalue weighted by Crippen LogP contribution is 2.27. The molecule has 2 aromatic rings. The number of esters is 1. The van der Waals surface area contributed by atoms with E-state index in [1.165, 1.54) is 0 Å². The van der Waals surface area contributed by atoms with Crippen LogP contribution in [0.25, 0.3) is 0 Å². The van der Waals surface area contributed by atoms with Crippen molar-refractivity contribution in [2.24, 2.45) is 5.73 Å². The molecule has 4 atom stereocenters. The van der Waals surface area contributed by atoms with Crippen molar-refractivity contribution in [2.75, 3.05) is 0 Å². The number of ether oxygens (including phenoxy) is 2. The molecule has 0 radical (unpaired) electrons. The Morgan fingerprint density at radius 2 is 1.35 bits per heavy atom. The molecule has 0 fully saturated rings. The first-order valence-electron chi connectivity index (χ1n) is 11.6. The molecule has 0 saturated heterocycles. The quantitative estimate of drug-likeness (QED) is 0.366. The summed E-state index contributed by atoms with van der Waals surface area (Å²) in [6.07, 6.45) is -0.493. The Balaban J connectivity index is 2.27. The van der Waals surface area contributed by atoms with E-state index in [4.69, 9.17) is 27.4 Å². The first-order chi connectivity index (χ1) is 15.8. The summed E-state index contributed by atoms with van der Waals surface area (Å²) in [5.41, 5.74) is 7.54. The van der Waals surface area contributed by atoms with Gasteiger partial charge in [0, 0.05) is 0 Å². The van der Waals surface area contributed by atoms with E-state index in [1.54, 1.807) is 0 Å². The van der Waals surface area contributed by atoms with Gasteiger partial charge in [-0.2, -0.15) is 0 Å². The SMILES string of the molecule is C[C@@H](OC(C)(C)C)[C@H](NC(=S)N[C@@H](c1ccccc1)[C@@H](N)c1ccccc1)C(=O)OC(C)(C)C. The molecule has 7 heteroatoms. The van der Waals surface area contributed by atoms with Crippen molar-refractivity contribution in [3.63, 3.8) is 0 Å². The lowest BCUT2D eigenvalue weighted by molar-refractivity contribution is -0.163. The zero-order valence-electron chi connectivity index (χ0n) is 21.3. The van der Waals surface area contributed by atoms with Crippen LogP contribution in [0.15, 0.2) is 60.7 Å². The third-order valence-electron chi connectivity index (χ3n) is 4.95. The van der Waals surface area contributed by atoms with Gasteiger partial charge in [-0.1, -0.05) is 60.7 Å². The van der Waals surface area contributed by atoms with Crippen LogP contribution in [0.3, 0.4) is 0 Å². The Morgan fingerprint density at radius 3 is 1.82 bits per heavy atom. The van der Waals surface area contributed by atoms with Crippen LogP contribution in [0, 0.1) is 0 Å².